The standard InChI is InChI=1S/C29H24N6O5S2/c1-2-40-28(37)24-20-10-6-7-11-22(20)41-27(24)32-26(36)19(16-30)14-17-12-13-23(21(15-17)35(38)39)42-29-31-25(33-34-29)18-8-4-3-5-9-18/h3-5,8-9,12-15H,2,6-7,10-11H2,1H3,(H,32,36)(H,31,33,34)/b19-14-. The van der Waals surface area contributed by atoms with E-state index in [1.807, 2.05) is 36.4 Å². The van der Waals surface area contributed by atoms with Crippen LogP contribution in [0.5, 0.6) is 0 Å². The van der Waals surface area contributed by atoms with E-state index in [0.29, 0.717) is 32.9 Å². The van der Waals surface area contributed by atoms with E-state index >= 15 is 0 Å². The summed E-state index contributed by atoms with van der Waals surface area (Å²) < 4.78 is 5.23. The first-order chi connectivity index (χ1) is 20.4. The lowest BCUT2D eigenvalue weighted by atomic mass is 9.95. The molecule has 5 rings (SSSR count). The van der Waals surface area contributed by atoms with E-state index in [1.165, 1.54) is 29.5 Å². The Balaban J connectivity index is 1.38. The number of nitro benzene ring substituents is 1. The Hall–Kier alpha value is -4.80. The lowest BCUT2D eigenvalue weighted by Gasteiger charge is -2.12. The first kappa shape index (κ1) is 28.7. The van der Waals surface area contributed by atoms with Crippen molar-refractivity contribution in [3.8, 4) is 17.5 Å². The molecule has 13 heteroatoms. The van der Waals surface area contributed by atoms with Crippen molar-refractivity contribution in [2.24, 2.45) is 0 Å². The second kappa shape index (κ2) is 12.8. The Morgan fingerprint density at radius 1 is 1.24 bits per heavy atom. The smallest absolute Gasteiger partial charge is 0.341 e. The van der Waals surface area contributed by atoms with Crippen molar-refractivity contribution >= 4 is 51.7 Å². The first-order valence-electron chi connectivity index (χ1n) is 13.1. The molecule has 212 valence electrons. The summed E-state index contributed by atoms with van der Waals surface area (Å²) in [6.45, 7) is 1.90. The molecular formula is C29H24N6O5S2. The Bertz CT molecular complexity index is 1740. The number of hydrogen-bond donors (Lipinski definition) is 2. The molecule has 0 saturated heterocycles. The third-order valence-corrected chi connectivity index (χ3v) is 8.58. The minimum absolute atomic E-state index is 0.192. The normalized spacial score (nSPS) is 12.7. The predicted octanol–water partition coefficient (Wildman–Crippen LogP) is 6.19. The molecule has 2 aromatic carbocycles. The summed E-state index contributed by atoms with van der Waals surface area (Å²) >= 11 is 2.33. The number of benzene rings is 2. The van der Waals surface area contributed by atoms with Crippen molar-refractivity contribution in [3.63, 3.8) is 0 Å². The molecule has 2 N–H and O–H groups in total. The largest absolute Gasteiger partial charge is 0.462 e. The number of aryl methyl sites for hydroxylation is 1. The molecule has 0 saturated carbocycles. The quantitative estimate of drug-likeness (QED) is 0.0749. The third-order valence-electron chi connectivity index (χ3n) is 6.45. The number of ether oxygens (including phenoxy) is 1. The van der Waals surface area contributed by atoms with Gasteiger partial charge < -0.3 is 10.1 Å². The van der Waals surface area contributed by atoms with Crippen molar-refractivity contribution < 1.29 is 19.2 Å². The van der Waals surface area contributed by atoms with Crippen LogP contribution in [0.3, 0.4) is 0 Å². The van der Waals surface area contributed by atoms with Crippen molar-refractivity contribution in [3.05, 3.63) is 85.8 Å². The van der Waals surface area contributed by atoms with Gasteiger partial charge in [-0.2, -0.15) is 5.26 Å². The van der Waals surface area contributed by atoms with E-state index in [1.54, 1.807) is 13.0 Å². The van der Waals surface area contributed by atoms with Gasteiger partial charge in [-0.15, -0.1) is 16.4 Å². The van der Waals surface area contributed by atoms with Crippen LogP contribution in [0, 0.1) is 21.4 Å². The number of nitriles is 1. The number of esters is 1. The van der Waals surface area contributed by atoms with E-state index in [0.717, 1.165) is 47.0 Å². The Morgan fingerprint density at radius 3 is 2.76 bits per heavy atom. The van der Waals surface area contributed by atoms with Crippen molar-refractivity contribution in [2.45, 2.75) is 42.7 Å². The zero-order chi connectivity index (χ0) is 29.6. The van der Waals surface area contributed by atoms with Gasteiger partial charge >= 0.3 is 5.97 Å². The van der Waals surface area contributed by atoms with Crippen molar-refractivity contribution in [2.75, 3.05) is 11.9 Å². The number of carbonyl (C=O) groups excluding carboxylic acids is 2. The van der Waals surface area contributed by atoms with Crippen LogP contribution in [0.4, 0.5) is 10.7 Å². The van der Waals surface area contributed by atoms with Gasteiger partial charge in [0.15, 0.2) is 5.82 Å². The number of fused-ring (bicyclic) bond motifs is 1. The fourth-order valence-corrected chi connectivity index (χ4v) is 6.60. The monoisotopic (exact) mass is 600 g/mol. The molecule has 1 aliphatic rings. The summed E-state index contributed by atoms with van der Waals surface area (Å²) in [5, 5.41) is 32.0. The third kappa shape index (κ3) is 6.24. The van der Waals surface area contributed by atoms with Crippen LogP contribution in [0.15, 0.2) is 64.2 Å². The van der Waals surface area contributed by atoms with Gasteiger partial charge in [0, 0.05) is 16.5 Å². The highest BCUT2D eigenvalue weighted by Gasteiger charge is 2.28. The lowest BCUT2D eigenvalue weighted by Crippen LogP contribution is -2.16. The van der Waals surface area contributed by atoms with Crippen LogP contribution in [0.2, 0.25) is 0 Å². The molecule has 4 aromatic rings. The number of carbonyl (C=O) groups is 2. The molecule has 0 unspecified atom stereocenters. The van der Waals surface area contributed by atoms with E-state index in [4.69, 9.17) is 4.74 Å². The van der Waals surface area contributed by atoms with Gasteiger partial charge in [0.2, 0.25) is 5.16 Å². The van der Waals surface area contributed by atoms with E-state index in [2.05, 4.69) is 20.5 Å². The molecule has 0 aliphatic heterocycles. The SMILES string of the molecule is CCOC(=O)c1c(NC(=O)/C(C#N)=C\c2ccc(Sc3n[nH]c(-c4ccccc4)n3)c([N+](=O)[O-])c2)sc2c1CCCC2. The number of aromatic nitrogens is 3. The summed E-state index contributed by atoms with van der Waals surface area (Å²) in [7, 11) is 0. The molecule has 2 aromatic heterocycles. The Labute approximate surface area is 248 Å². The second-order valence-electron chi connectivity index (χ2n) is 9.18. The number of aromatic amines is 1. The van der Waals surface area contributed by atoms with E-state index < -0.39 is 16.8 Å². The average molecular weight is 601 g/mol. The molecule has 1 aliphatic carbocycles. The molecule has 0 spiro atoms. The maximum absolute atomic E-state index is 13.1. The average Bonchev–Trinajstić information content (AvgIpc) is 3.61. The minimum atomic E-state index is -0.725. The van der Waals surface area contributed by atoms with Crippen LogP contribution in [0.25, 0.3) is 17.5 Å². The number of nitrogens with one attached hydrogen (secondary N) is 2. The predicted molar refractivity (Wildman–Crippen MR) is 158 cm³/mol. The summed E-state index contributed by atoms with van der Waals surface area (Å²) in [4.78, 5) is 43.0. The minimum Gasteiger partial charge on any atom is -0.462 e. The number of nitrogens with zero attached hydrogens (tertiary/aromatic N) is 4. The molecule has 1 amide bonds. The molecule has 11 nitrogen and oxygen atoms in total. The van der Waals surface area contributed by atoms with E-state index in [-0.39, 0.29) is 23.4 Å². The fourth-order valence-electron chi connectivity index (χ4n) is 4.53. The zero-order valence-electron chi connectivity index (χ0n) is 22.4. The van der Waals surface area contributed by atoms with Gasteiger partial charge in [0.1, 0.15) is 16.6 Å². The summed E-state index contributed by atoms with van der Waals surface area (Å²) in [5.74, 6) is -0.708. The summed E-state index contributed by atoms with van der Waals surface area (Å²) in [6, 6.07) is 15.6. The Morgan fingerprint density at radius 2 is 2.02 bits per heavy atom. The van der Waals surface area contributed by atoms with E-state index in [9.17, 15) is 25.0 Å². The fraction of sp³-hybridized carbons (Fsp3) is 0.207. The highest BCUT2D eigenvalue weighted by Crippen LogP contribution is 2.39. The van der Waals surface area contributed by atoms with Crippen LogP contribution >= 0.6 is 23.1 Å². The van der Waals surface area contributed by atoms with Crippen molar-refractivity contribution in [1.82, 2.24) is 15.2 Å². The number of thiophene rings is 1. The van der Waals surface area contributed by atoms with Gasteiger partial charge in [-0.3, -0.25) is 20.0 Å². The number of H-pyrrole nitrogens is 1. The second-order valence-corrected chi connectivity index (χ2v) is 11.3. The topological polar surface area (TPSA) is 164 Å². The first-order valence-corrected chi connectivity index (χ1v) is 14.7. The van der Waals surface area contributed by atoms with Gasteiger partial charge in [0.25, 0.3) is 11.6 Å². The number of amides is 1. The maximum atomic E-state index is 13.1. The van der Waals surface area contributed by atoms with Crippen molar-refractivity contribution in [1.29, 1.82) is 5.26 Å². The van der Waals surface area contributed by atoms with Gasteiger partial charge in [-0.25, -0.2) is 9.78 Å². The molecule has 0 radical (unpaired) electrons. The van der Waals surface area contributed by atoms with Gasteiger partial charge in [-0.05, 0) is 67.6 Å². The number of nitro groups is 1. The highest BCUT2D eigenvalue weighted by molar-refractivity contribution is 7.99. The number of anilines is 1. The zero-order valence-corrected chi connectivity index (χ0v) is 24.0. The van der Waals surface area contributed by atoms with Crippen LogP contribution in [0.1, 0.15) is 46.1 Å². The summed E-state index contributed by atoms with van der Waals surface area (Å²) in [5.41, 5.74) is 1.83. The maximum Gasteiger partial charge on any atom is 0.341 e. The highest BCUT2D eigenvalue weighted by atomic mass is 32.2. The molecule has 2 heterocycles. The van der Waals surface area contributed by atoms with Crippen LogP contribution < -0.4 is 5.32 Å². The number of hydrogen-bond acceptors (Lipinski definition) is 10. The van der Waals surface area contributed by atoms with Crippen LogP contribution in [-0.4, -0.2) is 38.6 Å². The van der Waals surface area contributed by atoms with Gasteiger partial charge in [0.05, 0.1) is 22.0 Å². The number of rotatable bonds is 9. The molecule has 42 heavy (non-hydrogen) atoms. The molecule has 0 fully saturated rings. The van der Waals surface area contributed by atoms with Gasteiger partial charge in [-0.1, -0.05) is 36.4 Å². The molecular weight excluding hydrogens is 576 g/mol. The summed E-state index contributed by atoms with van der Waals surface area (Å²) in [6.07, 6.45) is 4.72. The molecule has 0 bridgehead atoms. The molecule has 0 atom stereocenters. The van der Waals surface area contributed by atoms with Crippen LogP contribution in [-0.2, 0) is 22.4 Å². The Kier molecular flexibility index (Phi) is 8.75. The lowest BCUT2D eigenvalue weighted by molar-refractivity contribution is -0.387.